The van der Waals surface area contributed by atoms with Crippen molar-refractivity contribution >= 4 is 35.3 Å². The average molecular weight is 288 g/mol. The summed E-state index contributed by atoms with van der Waals surface area (Å²) >= 11 is 5.53. The van der Waals surface area contributed by atoms with Crippen LogP contribution in [0.25, 0.3) is 0 Å². The van der Waals surface area contributed by atoms with Crippen molar-refractivity contribution in [3.05, 3.63) is 17.7 Å². The molecule has 1 rings (SSSR count). The molecule has 0 aromatic heterocycles. The van der Waals surface area contributed by atoms with Crippen molar-refractivity contribution in [2.45, 2.75) is 33.9 Å². The first kappa shape index (κ1) is 15.3. The molecule has 0 amide bonds. The highest BCUT2D eigenvalue weighted by Gasteiger charge is 2.09. The monoisotopic (exact) mass is 287 g/mol. The van der Waals surface area contributed by atoms with Crippen LogP contribution in [0.2, 0.25) is 0 Å². The highest BCUT2D eigenvalue weighted by atomic mass is 32.2. The second-order valence-corrected chi connectivity index (χ2v) is 6.29. The van der Waals surface area contributed by atoms with Gasteiger partial charge in [-0.2, -0.15) is 0 Å². The zero-order valence-corrected chi connectivity index (χ0v) is 13.2. The Morgan fingerprint density at radius 2 is 1.53 bits per heavy atom. The summed E-state index contributed by atoms with van der Waals surface area (Å²) in [6.07, 6.45) is 9.92. The van der Waals surface area contributed by atoms with Crippen LogP contribution in [0.3, 0.4) is 0 Å². The average Bonchev–Trinajstić information content (AvgIpc) is 2.37. The summed E-state index contributed by atoms with van der Waals surface area (Å²) in [5.41, 5.74) is 6.99. The van der Waals surface area contributed by atoms with Crippen molar-refractivity contribution < 1.29 is 0 Å². The normalized spacial score (nSPS) is 10.8. The van der Waals surface area contributed by atoms with Gasteiger partial charge < -0.3 is 5.73 Å². The molecule has 0 saturated heterocycles. The number of nitrogens with two attached hydrogens (primary N) is 1. The van der Waals surface area contributed by atoms with E-state index in [-0.39, 0.29) is 0 Å². The number of rotatable bonds is 7. The van der Waals surface area contributed by atoms with E-state index in [0.29, 0.717) is 0 Å². The lowest BCUT2D eigenvalue weighted by atomic mass is 10.1. The molecule has 0 fully saturated rings. The maximum absolute atomic E-state index is 5.54. The predicted octanol–water partition coefficient (Wildman–Crippen LogP) is 4.13. The molecule has 0 radical (unpaired) electrons. The Morgan fingerprint density at radius 3 is 1.94 bits per heavy atom. The second kappa shape index (κ2) is 8.35. The van der Waals surface area contributed by atoms with Crippen molar-refractivity contribution in [1.82, 2.24) is 0 Å². The molecule has 0 heterocycles. The number of thioether (sulfide) groups is 3. The third-order valence-corrected chi connectivity index (χ3v) is 5.27. The van der Waals surface area contributed by atoms with Gasteiger partial charge in [-0.3, -0.25) is 0 Å². The van der Waals surface area contributed by atoms with E-state index in [0.717, 1.165) is 19.4 Å². The third-order valence-electron chi connectivity index (χ3n) is 2.64. The van der Waals surface area contributed by atoms with Gasteiger partial charge in [-0.1, -0.05) is 0 Å². The van der Waals surface area contributed by atoms with Crippen LogP contribution in [0.15, 0.2) is 26.8 Å². The molecule has 1 nitrogen and oxygen atoms in total. The molecule has 0 bridgehead atoms. The van der Waals surface area contributed by atoms with E-state index in [1.807, 2.05) is 35.3 Å². The minimum absolute atomic E-state index is 0.799. The van der Waals surface area contributed by atoms with Gasteiger partial charge in [0, 0.05) is 14.7 Å². The van der Waals surface area contributed by atoms with Crippen LogP contribution in [0.5, 0.6) is 0 Å². The Bertz CT molecular complexity index is 328. The van der Waals surface area contributed by atoms with Crippen LogP contribution >= 0.6 is 35.3 Å². The molecule has 0 atom stereocenters. The SMILES string of the molecule is CSc1cc(CCCCN)cc(SC)c1SC. The van der Waals surface area contributed by atoms with E-state index in [1.165, 1.54) is 26.7 Å². The van der Waals surface area contributed by atoms with E-state index in [4.69, 9.17) is 5.73 Å². The standard InChI is InChI=1S/C13H21NS3/c1-15-11-8-10(6-4-5-7-14)9-12(16-2)13(11)17-3/h8-9H,4-7,14H2,1-3H3. The second-order valence-electron chi connectivity index (χ2n) is 3.78. The van der Waals surface area contributed by atoms with Crippen molar-refractivity contribution in [2.24, 2.45) is 5.73 Å². The lowest BCUT2D eigenvalue weighted by Gasteiger charge is -2.13. The first-order valence-corrected chi connectivity index (χ1v) is 9.43. The van der Waals surface area contributed by atoms with Crippen LogP contribution in [0, 0.1) is 0 Å². The summed E-state index contributed by atoms with van der Waals surface area (Å²) in [6.45, 7) is 0.799. The highest BCUT2D eigenvalue weighted by Crippen LogP contribution is 2.37. The molecular formula is C13H21NS3. The van der Waals surface area contributed by atoms with E-state index >= 15 is 0 Å². The van der Waals surface area contributed by atoms with Crippen molar-refractivity contribution in [1.29, 1.82) is 0 Å². The smallest absolute Gasteiger partial charge is 0.0341 e. The van der Waals surface area contributed by atoms with E-state index in [9.17, 15) is 0 Å². The molecule has 0 aliphatic rings. The Morgan fingerprint density at radius 1 is 0.941 bits per heavy atom. The fourth-order valence-corrected chi connectivity index (χ4v) is 4.47. The molecule has 1 aromatic carbocycles. The molecule has 0 unspecified atom stereocenters. The number of benzene rings is 1. The maximum atomic E-state index is 5.54. The summed E-state index contributed by atoms with van der Waals surface area (Å²) in [5.74, 6) is 0. The molecule has 0 spiro atoms. The Hall–Kier alpha value is 0.230. The van der Waals surface area contributed by atoms with Gasteiger partial charge in [0.2, 0.25) is 0 Å². The van der Waals surface area contributed by atoms with E-state index in [1.54, 1.807) is 0 Å². The van der Waals surface area contributed by atoms with Crippen LogP contribution < -0.4 is 5.73 Å². The Labute approximate surface area is 118 Å². The highest BCUT2D eigenvalue weighted by molar-refractivity contribution is 8.03. The molecule has 96 valence electrons. The molecule has 0 saturated carbocycles. The topological polar surface area (TPSA) is 26.0 Å². The minimum Gasteiger partial charge on any atom is -0.330 e. The number of hydrogen-bond donors (Lipinski definition) is 1. The predicted molar refractivity (Wildman–Crippen MR) is 83.8 cm³/mol. The zero-order valence-electron chi connectivity index (χ0n) is 10.8. The van der Waals surface area contributed by atoms with Gasteiger partial charge in [0.25, 0.3) is 0 Å². The largest absolute Gasteiger partial charge is 0.330 e. The first-order chi connectivity index (χ1) is 8.26. The van der Waals surface area contributed by atoms with Crippen LogP contribution in [0.4, 0.5) is 0 Å². The summed E-state index contributed by atoms with van der Waals surface area (Å²) in [4.78, 5) is 4.24. The van der Waals surface area contributed by atoms with Crippen molar-refractivity contribution in [3.63, 3.8) is 0 Å². The van der Waals surface area contributed by atoms with Crippen LogP contribution in [-0.4, -0.2) is 25.3 Å². The summed E-state index contributed by atoms with van der Waals surface area (Å²) in [6, 6.07) is 4.68. The summed E-state index contributed by atoms with van der Waals surface area (Å²) < 4.78 is 0. The first-order valence-electron chi connectivity index (χ1n) is 5.75. The lowest BCUT2D eigenvalue weighted by Crippen LogP contribution is -1.99. The molecule has 2 N–H and O–H groups in total. The fraction of sp³-hybridized carbons (Fsp3) is 0.538. The van der Waals surface area contributed by atoms with Gasteiger partial charge in [0.05, 0.1) is 0 Å². The summed E-state index contributed by atoms with van der Waals surface area (Å²) in [7, 11) is 0. The van der Waals surface area contributed by atoms with E-state index in [2.05, 4.69) is 30.9 Å². The van der Waals surface area contributed by atoms with Gasteiger partial charge in [-0.25, -0.2) is 0 Å². The maximum Gasteiger partial charge on any atom is 0.0341 e. The number of hydrogen-bond acceptors (Lipinski definition) is 4. The molecule has 1 aromatic rings. The van der Waals surface area contributed by atoms with Crippen molar-refractivity contribution in [3.8, 4) is 0 Å². The molecule has 17 heavy (non-hydrogen) atoms. The van der Waals surface area contributed by atoms with Gasteiger partial charge >= 0.3 is 0 Å². The zero-order chi connectivity index (χ0) is 12.7. The van der Waals surface area contributed by atoms with Gasteiger partial charge in [-0.05, 0) is 62.3 Å². The lowest BCUT2D eigenvalue weighted by molar-refractivity contribution is 0.741. The van der Waals surface area contributed by atoms with Crippen LogP contribution in [-0.2, 0) is 6.42 Å². The number of unbranched alkanes of at least 4 members (excludes halogenated alkanes) is 1. The number of aryl methyl sites for hydroxylation is 1. The van der Waals surface area contributed by atoms with Gasteiger partial charge in [-0.15, -0.1) is 35.3 Å². The Kier molecular flexibility index (Phi) is 7.51. The molecule has 4 heteroatoms. The minimum atomic E-state index is 0.799. The van der Waals surface area contributed by atoms with E-state index < -0.39 is 0 Å². The molecule has 0 aliphatic carbocycles. The fourth-order valence-electron chi connectivity index (χ4n) is 1.75. The Balaban J connectivity index is 2.92. The molecular weight excluding hydrogens is 266 g/mol. The third kappa shape index (κ3) is 4.43. The van der Waals surface area contributed by atoms with Gasteiger partial charge in [0.15, 0.2) is 0 Å². The molecule has 0 aliphatic heterocycles. The van der Waals surface area contributed by atoms with Crippen molar-refractivity contribution in [2.75, 3.05) is 25.3 Å². The van der Waals surface area contributed by atoms with Crippen LogP contribution in [0.1, 0.15) is 18.4 Å². The summed E-state index contributed by atoms with van der Waals surface area (Å²) in [5, 5.41) is 0. The quantitative estimate of drug-likeness (QED) is 0.602. The van der Waals surface area contributed by atoms with Gasteiger partial charge in [0.1, 0.15) is 0 Å².